The number of aryl methyl sites for hydroxylation is 1. The van der Waals surface area contributed by atoms with Crippen molar-refractivity contribution < 1.29 is 0 Å². The Morgan fingerprint density at radius 1 is 0.912 bits per heavy atom. The smallest absolute Gasteiger partial charge is 0.266 e. The van der Waals surface area contributed by atoms with Crippen LogP contribution in [0.15, 0.2) is 87.5 Å². The molecule has 0 aliphatic carbocycles. The number of pyridine rings is 1. The van der Waals surface area contributed by atoms with Crippen molar-refractivity contribution in [3.8, 4) is 5.69 Å². The van der Waals surface area contributed by atoms with Gasteiger partial charge < -0.3 is 0 Å². The average Bonchev–Trinajstić information content (AvgIpc) is 2.83. The maximum Gasteiger partial charge on any atom is 0.266 e. The molecule has 0 unspecified atom stereocenters. The van der Waals surface area contributed by atoms with Crippen molar-refractivity contribution in [3.05, 3.63) is 110 Å². The lowest BCUT2D eigenvalue weighted by Gasteiger charge is -2.18. The predicted molar refractivity (Wildman–Crippen MR) is 137 cm³/mol. The Morgan fingerprint density at radius 2 is 1.68 bits per heavy atom. The minimum absolute atomic E-state index is 0.108. The monoisotopic (exact) mass is 468 g/mol. The summed E-state index contributed by atoms with van der Waals surface area (Å²) in [7, 11) is 0. The van der Waals surface area contributed by atoms with E-state index in [1.54, 1.807) is 15.0 Å². The first kappa shape index (κ1) is 22.1. The van der Waals surface area contributed by atoms with Crippen LogP contribution in [0.4, 0.5) is 0 Å². The third-order valence-electron chi connectivity index (χ3n) is 5.83. The second kappa shape index (κ2) is 8.91. The molecule has 5 rings (SSSR count). The minimum atomic E-state index is -0.118. The van der Waals surface area contributed by atoms with Gasteiger partial charge in [0.05, 0.1) is 22.3 Å². The lowest BCUT2D eigenvalue weighted by molar-refractivity contribution is 0.780. The van der Waals surface area contributed by atoms with Gasteiger partial charge in [0.15, 0.2) is 5.16 Å². The summed E-state index contributed by atoms with van der Waals surface area (Å²) in [5, 5.41) is 1.14. The number of fused-ring (bicyclic) bond motifs is 2. The molecule has 3 heterocycles. The van der Waals surface area contributed by atoms with E-state index < -0.39 is 0 Å². The Balaban J connectivity index is 1.64. The number of nitrogens with zero attached hydrogens (tertiary/aromatic N) is 4. The third-order valence-corrected chi connectivity index (χ3v) is 6.80. The van der Waals surface area contributed by atoms with Crippen LogP contribution >= 0.6 is 11.8 Å². The van der Waals surface area contributed by atoms with E-state index in [0.29, 0.717) is 33.2 Å². The van der Waals surface area contributed by atoms with Crippen molar-refractivity contribution >= 4 is 28.3 Å². The van der Waals surface area contributed by atoms with Gasteiger partial charge in [-0.15, -0.1) is 0 Å². The van der Waals surface area contributed by atoms with Crippen molar-refractivity contribution in [2.75, 3.05) is 0 Å². The molecule has 0 N–H and O–H groups in total. The summed E-state index contributed by atoms with van der Waals surface area (Å²) in [5.74, 6) is 0.645. The Hall–Kier alpha value is -3.71. The first-order valence-corrected chi connectivity index (χ1v) is 12.1. The molecule has 7 heteroatoms. The summed E-state index contributed by atoms with van der Waals surface area (Å²) in [6.07, 6.45) is 0. The molecule has 0 fully saturated rings. The van der Waals surface area contributed by atoms with Gasteiger partial charge in [0.2, 0.25) is 0 Å². The topological polar surface area (TPSA) is 69.3 Å². The van der Waals surface area contributed by atoms with E-state index >= 15 is 0 Å². The molecule has 2 aromatic carbocycles. The first-order chi connectivity index (χ1) is 16.4. The van der Waals surface area contributed by atoms with Gasteiger partial charge in [0, 0.05) is 17.5 Å². The highest BCUT2D eigenvalue weighted by Crippen LogP contribution is 2.28. The van der Waals surface area contributed by atoms with E-state index in [0.717, 1.165) is 16.9 Å². The number of aromatic nitrogens is 4. The largest absolute Gasteiger partial charge is 0.269 e. The number of hydrogen-bond acceptors (Lipinski definition) is 5. The van der Waals surface area contributed by atoms with Crippen molar-refractivity contribution in [2.24, 2.45) is 0 Å². The van der Waals surface area contributed by atoms with Crippen LogP contribution in [-0.4, -0.2) is 18.9 Å². The standard InChI is InChI=1S/C27H24N4O2S/c1-17(2)20-10-5-7-13-23(20)31-26(33)21-11-4-6-12-22(21)29-27(31)34-16-19-15-25(32)30-18(3)9-8-14-24(30)28-19/h4-15,17H,16H2,1-3H3. The zero-order chi connectivity index (χ0) is 23.8. The van der Waals surface area contributed by atoms with E-state index in [4.69, 9.17) is 4.98 Å². The molecule has 0 aliphatic heterocycles. The van der Waals surface area contributed by atoms with Crippen LogP contribution in [0.2, 0.25) is 0 Å². The number of hydrogen-bond donors (Lipinski definition) is 0. The van der Waals surface area contributed by atoms with Gasteiger partial charge in [-0.05, 0) is 48.7 Å². The Bertz CT molecular complexity index is 1650. The number of rotatable bonds is 5. The molecule has 0 bridgehead atoms. The minimum Gasteiger partial charge on any atom is -0.269 e. The van der Waals surface area contributed by atoms with Gasteiger partial charge in [-0.3, -0.25) is 18.6 Å². The fraction of sp³-hybridized carbons (Fsp3) is 0.185. The van der Waals surface area contributed by atoms with E-state index in [9.17, 15) is 9.59 Å². The number of para-hydroxylation sites is 2. The molecular formula is C27H24N4O2S. The Kier molecular flexibility index (Phi) is 5.79. The molecule has 0 radical (unpaired) electrons. The molecule has 34 heavy (non-hydrogen) atoms. The van der Waals surface area contributed by atoms with E-state index in [1.807, 2.05) is 73.7 Å². The van der Waals surface area contributed by atoms with Crippen LogP contribution in [-0.2, 0) is 5.75 Å². The molecule has 0 saturated heterocycles. The number of benzene rings is 2. The van der Waals surface area contributed by atoms with Crippen LogP contribution in [0.1, 0.15) is 36.7 Å². The fourth-order valence-electron chi connectivity index (χ4n) is 4.18. The molecule has 0 amide bonds. The lowest BCUT2D eigenvalue weighted by atomic mass is 10.0. The third kappa shape index (κ3) is 3.92. The maximum atomic E-state index is 13.6. The summed E-state index contributed by atoms with van der Waals surface area (Å²) < 4.78 is 3.29. The number of thioether (sulfide) groups is 1. The molecule has 0 saturated carbocycles. The van der Waals surface area contributed by atoms with Crippen LogP contribution in [0.25, 0.3) is 22.2 Å². The quantitative estimate of drug-likeness (QED) is 0.265. The van der Waals surface area contributed by atoms with Gasteiger partial charge in [0.25, 0.3) is 11.1 Å². The highest BCUT2D eigenvalue weighted by molar-refractivity contribution is 7.98. The zero-order valence-electron chi connectivity index (χ0n) is 19.2. The van der Waals surface area contributed by atoms with Crippen LogP contribution in [0.3, 0.4) is 0 Å². The van der Waals surface area contributed by atoms with Gasteiger partial charge >= 0.3 is 0 Å². The lowest BCUT2D eigenvalue weighted by Crippen LogP contribution is -2.23. The summed E-state index contributed by atoms with van der Waals surface area (Å²) in [4.78, 5) is 35.9. The van der Waals surface area contributed by atoms with Gasteiger partial charge in [-0.2, -0.15) is 0 Å². The summed E-state index contributed by atoms with van der Waals surface area (Å²) in [6.45, 7) is 6.10. The SMILES string of the molecule is Cc1cccc2nc(CSc3nc4ccccc4c(=O)n3-c3ccccc3C(C)C)cc(=O)n12. The highest BCUT2D eigenvalue weighted by Gasteiger charge is 2.17. The van der Waals surface area contributed by atoms with E-state index in [2.05, 4.69) is 18.8 Å². The second-order valence-corrected chi connectivity index (χ2v) is 9.44. The summed E-state index contributed by atoms with van der Waals surface area (Å²) >= 11 is 1.41. The molecule has 0 aliphatic rings. The molecule has 3 aromatic heterocycles. The van der Waals surface area contributed by atoms with Gasteiger partial charge in [-0.25, -0.2) is 9.97 Å². The Labute approximate surface area is 200 Å². The second-order valence-electron chi connectivity index (χ2n) is 8.50. The summed E-state index contributed by atoms with van der Waals surface area (Å²) in [6, 6.07) is 22.5. The Morgan fingerprint density at radius 3 is 2.50 bits per heavy atom. The molecule has 0 atom stereocenters. The van der Waals surface area contributed by atoms with Crippen molar-refractivity contribution in [1.82, 2.24) is 18.9 Å². The van der Waals surface area contributed by atoms with Crippen molar-refractivity contribution in [2.45, 2.75) is 37.6 Å². The fourth-order valence-corrected chi connectivity index (χ4v) is 5.08. The molecule has 0 spiro atoms. The molecule has 5 aromatic rings. The van der Waals surface area contributed by atoms with Gasteiger partial charge in [0.1, 0.15) is 5.65 Å². The van der Waals surface area contributed by atoms with Crippen LogP contribution in [0.5, 0.6) is 0 Å². The first-order valence-electron chi connectivity index (χ1n) is 11.2. The average molecular weight is 469 g/mol. The zero-order valence-corrected chi connectivity index (χ0v) is 20.0. The maximum absolute atomic E-state index is 13.6. The van der Waals surface area contributed by atoms with E-state index in [-0.39, 0.29) is 17.0 Å². The van der Waals surface area contributed by atoms with Crippen molar-refractivity contribution in [1.29, 1.82) is 0 Å². The predicted octanol–water partition coefficient (Wildman–Crippen LogP) is 5.12. The van der Waals surface area contributed by atoms with E-state index in [1.165, 1.54) is 11.8 Å². The molecule has 170 valence electrons. The van der Waals surface area contributed by atoms with Crippen LogP contribution < -0.4 is 11.1 Å². The van der Waals surface area contributed by atoms with Crippen LogP contribution in [0, 0.1) is 6.92 Å². The summed E-state index contributed by atoms with van der Waals surface area (Å²) in [5.41, 5.74) is 4.41. The highest BCUT2D eigenvalue weighted by atomic mass is 32.2. The molecular weight excluding hydrogens is 444 g/mol. The van der Waals surface area contributed by atoms with Gasteiger partial charge in [-0.1, -0.05) is 62.0 Å². The normalized spacial score (nSPS) is 11.5. The van der Waals surface area contributed by atoms with Crippen molar-refractivity contribution in [3.63, 3.8) is 0 Å². The molecule has 6 nitrogen and oxygen atoms in total.